The van der Waals surface area contributed by atoms with Crippen molar-refractivity contribution < 1.29 is 0 Å². The molecule has 0 fully saturated rings. The van der Waals surface area contributed by atoms with Gasteiger partial charge in [0.15, 0.2) is 0 Å². The molecule has 0 atom stereocenters. The van der Waals surface area contributed by atoms with Crippen molar-refractivity contribution in [2.45, 2.75) is 6.92 Å². The van der Waals surface area contributed by atoms with Crippen molar-refractivity contribution in [3.05, 3.63) is 41.5 Å². The van der Waals surface area contributed by atoms with Crippen LogP contribution >= 0.6 is 22.6 Å². The van der Waals surface area contributed by atoms with E-state index in [1.807, 2.05) is 37.3 Å². The highest BCUT2D eigenvalue weighted by Gasteiger charge is 1.94. The lowest BCUT2D eigenvalue weighted by atomic mass is 10.1. The van der Waals surface area contributed by atoms with E-state index in [1.165, 1.54) is 5.56 Å². The molecule has 0 bridgehead atoms. The Morgan fingerprint density at radius 1 is 1.42 bits per heavy atom. The molecule has 0 spiro atoms. The van der Waals surface area contributed by atoms with Crippen LogP contribution in [0.3, 0.4) is 0 Å². The Kier molecular flexibility index (Phi) is 3.30. The second-order valence-corrected chi connectivity index (χ2v) is 3.65. The van der Waals surface area contributed by atoms with Gasteiger partial charge in [0.25, 0.3) is 0 Å². The number of nitriles is 1. The Labute approximate surface area is 85.9 Å². The van der Waals surface area contributed by atoms with Crippen molar-refractivity contribution in [1.82, 2.24) is 0 Å². The van der Waals surface area contributed by atoms with Crippen LogP contribution in [0.4, 0.5) is 0 Å². The van der Waals surface area contributed by atoms with Crippen LogP contribution in [0.15, 0.2) is 30.3 Å². The number of hydrogen-bond donors (Lipinski definition) is 0. The number of aryl methyl sites for hydroxylation is 1. The van der Waals surface area contributed by atoms with Gasteiger partial charge in [-0.2, -0.15) is 5.26 Å². The molecular formula is C10H8IN. The SMILES string of the molecule is Cc1ccc(/C(I)=C/C#N)cc1. The van der Waals surface area contributed by atoms with Crippen molar-refractivity contribution in [1.29, 1.82) is 5.26 Å². The van der Waals surface area contributed by atoms with Gasteiger partial charge in [-0.05, 0) is 35.1 Å². The zero-order valence-electron chi connectivity index (χ0n) is 6.71. The third-order valence-electron chi connectivity index (χ3n) is 1.52. The fourth-order valence-corrected chi connectivity index (χ4v) is 1.35. The molecule has 1 aromatic rings. The normalized spacial score (nSPS) is 10.9. The smallest absolute Gasteiger partial charge is 0.0923 e. The molecule has 0 aliphatic carbocycles. The number of halogens is 1. The maximum Gasteiger partial charge on any atom is 0.0923 e. The van der Waals surface area contributed by atoms with Gasteiger partial charge < -0.3 is 0 Å². The van der Waals surface area contributed by atoms with Crippen molar-refractivity contribution in [3.63, 3.8) is 0 Å². The van der Waals surface area contributed by atoms with E-state index in [0.717, 1.165) is 9.14 Å². The predicted molar refractivity (Wildman–Crippen MR) is 58.8 cm³/mol. The predicted octanol–water partition coefficient (Wildman–Crippen LogP) is 3.29. The minimum Gasteiger partial charge on any atom is -0.193 e. The van der Waals surface area contributed by atoms with Gasteiger partial charge in [0, 0.05) is 9.66 Å². The number of allylic oxidation sites excluding steroid dienone is 1. The standard InChI is InChI=1S/C10H8IN/c1-8-2-4-9(5-3-8)10(11)6-7-12/h2-6H,1H3/b10-6-. The third-order valence-corrected chi connectivity index (χ3v) is 2.45. The van der Waals surface area contributed by atoms with E-state index in [0.29, 0.717) is 0 Å². The largest absolute Gasteiger partial charge is 0.193 e. The van der Waals surface area contributed by atoms with Crippen molar-refractivity contribution in [2.24, 2.45) is 0 Å². The molecule has 12 heavy (non-hydrogen) atoms. The van der Waals surface area contributed by atoms with Crippen LogP contribution in [0, 0.1) is 18.3 Å². The molecule has 0 aliphatic rings. The molecule has 0 saturated carbocycles. The van der Waals surface area contributed by atoms with Crippen LogP contribution in [-0.2, 0) is 0 Å². The van der Waals surface area contributed by atoms with Crippen LogP contribution in [0.25, 0.3) is 3.58 Å². The summed E-state index contributed by atoms with van der Waals surface area (Å²) < 4.78 is 0.982. The Morgan fingerprint density at radius 2 is 2.00 bits per heavy atom. The molecule has 0 saturated heterocycles. The lowest BCUT2D eigenvalue weighted by Crippen LogP contribution is -1.76. The van der Waals surface area contributed by atoms with E-state index in [-0.39, 0.29) is 0 Å². The molecule has 1 aromatic carbocycles. The molecule has 0 aliphatic heterocycles. The lowest BCUT2D eigenvalue weighted by molar-refractivity contribution is 1.46. The molecule has 0 radical (unpaired) electrons. The Hall–Kier alpha value is -0.820. The van der Waals surface area contributed by atoms with Crippen molar-refractivity contribution in [3.8, 4) is 6.07 Å². The molecule has 0 heterocycles. The van der Waals surface area contributed by atoms with Gasteiger partial charge in [-0.15, -0.1) is 0 Å². The summed E-state index contributed by atoms with van der Waals surface area (Å²) in [4.78, 5) is 0. The Morgan fingerprint density at radius 3 is 2.50 bits per heavy atom. The number of rotatable bonds is 1. The van der Waals surface area contributed by atoms with Crippen LogP contribution < -0.4 is 0 Å². The number of hydrogen-bond acceptors (Lipinski definition) is 1. The average Bonchev–Trinajstić information content (AvgIpc) is 2.06. The van der Waals surface area contributed by atoms with Crippen LogP contribution in [0.2, 0.25) is 0 Å². The summed E-state index contributed by atoms with van der Waals surface area (Å²) in [6.07, 6.45) is 1.55. The van der Waals surface area contributed by atoms with Gasteiger partial charge in [0.05, 0.1) is 6.07 Å². The molecule has 1 rings (SSSR count). The maximum atomic E-state index is 8.42. The number of benzene rings is 1. The summed E-state index contributed by atoms with van der Waals surface area (Å²) in [6.45, 7) is 2.05. The first kappa shape index (κ1) is 9.27. The topological polar surface area (TPSA) is 23.8 Å². The summed E-state index contributed by atoms with van der Waals surface area (Å²) in [7, 11) is 0. The fourth-order valence-electron chi connectivity index (χ4n) is 0.853. The monoisotopic (exact) mass is 269 g/mol. The van der Waals surface area contributed by atoms with E-state index >= 15 is 0 Å². The van der Waals surface area contributed by atoms with Crippen LogP contribution in [0.5, 0.6) is 0 Å². The lowest BCUT2D eigenvalue weighted by Gasteiger charge is -1.97. The summed E-state index contributed by atoms with van der Waals surface area (Å²) in [5.74, 6) is 0. The highest BCUT2D eigenvalue weighted by Crippen LogP contribution is 2.21. The average molecular weight is 269 g/mol. The fraction of sp³-hybridized carbons (Fsp3) is 0.100. The first-order valence-corrected chi connectivity index (χ1v) is 4.64. The van der Waals surface area contributed by atoms with E-state index in [9.17, 15) is 0 Å². The van der Waals surface area contributed by atoms with Gasteiger partial charge >= 0.3 is 0 Å². The van der Waals surface area contributed by atoms with Gasteiger partial charge in [0.2, 0.25) is 0 Å². The molecule has 0 amide bonds. The van der Waals surface area contributed by atoms with Gasteiger partial charge in [-0.1, -0.05) is 29.8 Å². The summed E-state index contributed by atoms with van der Waals surface area (Å²) in [5, 5.41) is 8.42. The highest BCUT2D eigenvalue weighted by atomic mass is 127. The minimum atomic E-state index is 0.982. The van der Waals surface area contributed by atoms with Crippen molar-refractivity contribution in [2.75, 3.05) is 0 Å². The molecule has 0 aromatic heterocycles. The van der Waals surface area contributed by atoms with Gasteiger partial charge in [-0.3, -0.25) is 0 Å². The molecule has 1 nitrogen and oxygen atoms in total. The van der Waals surface area contributed by atoms with Gasteiger partial charge in [-0.25, -0.2) is 0 Å². The zero-order chi connectivity index (χ0) is 8.97. The molecule has 2 heteroatoms. The maximum absolute atomic E-state index is 8.42. The summed E-state index contributed by atoms with van der Waals surface area (Å²) in [6, 6.07) is 10.1. The quantitative estimate of drug-likeness (QED) is 0.567. The van der Waals surface area contributed by atoms with E-state index in [2.05, 4.69) is 22.6 Å². The molecule has 0 unspecified atom stereocenters. The zero-order valence-corrected chi connectivity index (χ0v) is 8.87. The molecule has 0 N–H and O–H groups in total. The molecular weight excluding hydrogens is 261 g/mol. The van der Waals surface area contributed by atoms with E-state index in [1.54, 1.807) is 6.08 Å². The summed E-state index contributed by atoms with van der Waals surface area (Å²) >= 11 is 2.16. The van der Waals surface area contributed by atoms with Crippen LogP contribution in [0.1, 0.15) is 11.1 Å². The Bertz CT molecular complexity index is 330. The van der Waals surface area contributed by atoms with Crippen molar-refractivity contribution >= 4 is 26.2 Å². The van der Waals surface area contributed by atoms with E-state index in [4.69, 9.17) is 5.26 Å². The summed E-state index contributed by atoms with van der Waals surface area (Å²) in [5.41, 5.74) is 2.34. The first-order valence-electron chi connectivity index (χ1n) is 3.56. The molecule has 60 valence electrons. The Balaban J connectivity index is 2.99. The van der Waals surface area contributed by atoms with E-state index < -0.39 is 0 Å². The van der Waals surface area contributed by atoms with Crippen LogP contribution in [-0.4, -0.2) is 0 Å². The first-order chi connectivity index (χ1) is 5.74. The van der Waals surface area contributed by atoms with Gasteiger partial charge in [0.1, 0.15) is 0 Å². The minimum absolute atomic E-state index is 0.982. The second-order valence-electron chi connectivity index (χ2n) is 2.49. The highest BCUT2D eigenvalue weighted by molar-refractivity contribution is 14.1. The second kappa shape index (κ2) is 4.27. The number of nitrogens with zero attached hydrogens (tertiary/aromatic N) is 1. The third kappa shape index (κ3) is 2.35.